The average molecular weight is 333 g/mol. The van der Waals surface area contributed by atoms with Crippen molar-refractivity contribution in [2.45, 2.75) is 58.4 Å². The summed E-state index contributed by atoms with van der Waals surface area (Å²) in [6.45, 7) is 6.29. The van der Waals surface area contributed by atoms with Gasteiger partial charge in [-0.25, -0.2) is 8.42 Å². The summed E-state index contributed by atoms with van der Waals surface area (Å²) in [7, 11) is -1.88. The van der Waals surface area contributed by atoms with Crippen LogP contribution in [0.3, 0.4) is 0 Å². The molecule has 0 amide bonds. The Balaban J connectivity index is 4.71. The Morgan fingerprint density at radius 2 is 1.71 bits per heavy atom. The van der Waals surface area contributed by atoms with E-state index in [0.29, 0.717) is 12.8 Å². The van der Waals surface area contributed by atoms with Gasteiger partial charge in [-0.2, -0.15) is 17.5 Å². The van der Waals surface area contributed by atoms with E-state index >= 15 is 0 Å². The maximum atomic E-state index is 12.4. The molecule has 4 nitrogen and oxygen atoms in total. The first-order chi connectivity index (χ1) is 9.21. The van der Waals surface area contributed by atoms with Crippen LogP contribution in [0.1, 0.15) is 40.5 Å². The molecule has 0 radical (unpaired) electrons. The van der Waals surface area contributed by atoms with E-state index in [-0.39, 0.29) is 12.5 Å². The summed E-state index contributed by atoms with van der Waals surface area (Å²) >= 11 is 0. The van der Waals surface area contributed by atoms with Gasteiger partial charge in [-0.3, -0.25) is 0 Å². The summed E-state index contributed by atoms with van der Waals surface area (Å²) in [5.74, 6) is -0.144. The minimum atomic E-state index is -4.38. The van der Waals surface area contributed by atoms with Crippen molar-refractivity contribution in [3.8, 4) is 0 Å². The first-order valence-corrected chi connectivity index (χ1v) is 8.69. The molecule has 0 aliphatic carbocycles. The molecule has 0 aromatic carbocycles. The van der Waals surface area contributed by atoms with Gasteiger partial charge in [-0.05, 0) is 33.1 Å². The smallest absolute Gasteiger partial charge is 0.369 e. The lowest BCUT2D eigenvalue weighted by molar-refractivity contribution is -0.217. The largest absolute Gasteiger partial charge is 0.414 e. The van der Waals surface area contributed by atoms with Crippen LogP contribution in [0.15, 0.2) is 0 Å². The second kappa shape index (κ2) is 7.28. The molecule has 0 bridgehead atoms. The van der Waals surface area contributed by atoms with Crippen LogP contribution in [0.5, 0.6) is 0 Å². The Bertz CT molecular complexity index is 421. The molecule has 0 rings (SSSR count). The van der Waals surface area contributed by atoms with Crippen LogP contribution in [-0.4, -0.2) is 50.5 Å². The molecule has 0 aromatic heterocycles. The number of ether oxygens (including phenoxy) is 1. The number of alkyl halides is 3. The summed E-state index contributed by atoms with van der Waals surface area (Å²) in [5, 5.41) is 0. The van der Waals surface area contributed by atoms with Crippen LogP contribution in [0.2, 0.25) is 0 Å². The van der Waals surface area contributed by atoms with Crippen molar-refractivity contribution in [3.05, 3.63) is 0 Å². The van der Waals surface area contributed by atoms with Crippen LogP contribution < -0.4 is 0 Å². The predicted molar refractivity (Wildman–Crippen MR) is 76.6 cm³/mol. The van der Waals surface area contributed by atoms with Gasteiger partial charge in [0.2, 0.25) is 10.0 Å². The third-order valence-electron chi connectivity index (χ3n) is 3.76. The summed E-state index contributed by atoms with van der Waals surface area (Å²) in [6, 6.07) is 0. The molecule has 0 N–H and O–H groups in total. The zero-order valence-corrected chi connectivity index (χ0v) is 14.3. The third kappa shape index (κ3) is 6.97. The molecule has 0 aliphatic rings. The van der Waals surface area contributed by atoms with Gasteiger partial charge in [0.1, 0.15) is 0 Å². The predicted octanol–water partition coefficient (Wildman–Crippen LogP) is 3.04. The SMILES string of the molecule is CCC(CO[C@@H](C)C(F)(F)F)CC(C)(C)N(C)S(C)(=O)=O. The Morgan fingerprint density at radius 3 is 2.05 bits per heavy atom. The third-order valence-corrected chi connectivity index (χ3v) is 5.25. The number of rotatable bonds is 8. The highest BCUT2D eigenvalue weighted by Gasteiger charge is 2.38. The second-order valence-corrected chi connectivity index (χ2v) is 8.05. The Morgan fingerprint density at radius 1 is 1.24 bits per heavy atom. The number of halogens is 3. The van der Waals surface area contributed by atoms with Crippen LogP contribution in [0.25, 0.3) is 0 Å². The van der Waals surface area contributed by atoms with E-state index < -0.39 is 27.8 Å². The van der Waals surface area contributed by atoms with Crippen LogP contribution in [0, 0.1) is 5.92 Å². The van der Waals surface area contributed by atoms with E-state index in [2.05, 4.69) is 0 Å². The molecule has 0 aromatic rings. The first kappa shape index (κ1) is 20.7. The molecule has 1 unspecified atom stereocenters. The van der Waals surface area contributed by atoms with Crippen molar-refractivity contribution in [1.29, 1.82) is 0 Å². The lowest BCUT2D eigenvalue weighted by Crippen LogP contribution is -2.46. The number of hydrogen-bond acceptors (Lipinski definition) is 3. The van der Waals surface area contributed by atoms with Gasteiger partial charge in [0.25, 0.3) is 0 Å². The van der Waals surface area contributed by atoms with Gasteiger partial charge >= 0.3 is 6.18 Å². The fourth-order valence-electron chi connectivity index (χ4n) is 1.98. The van der Waals surface area contributed by atoms with E-state index in [9.17, 15) is 21.6 Å². The standard InChI is InChI=1S/C13H26F3NO3S/c1-7-11(9-20-10(2)13(14,15)16)8-12(3,4)17(5)21(6,18)19/h10-11H,7-9H2,1-6H3/t10-,11?/m0/s1. The summed E-state index contributed by atoms with van der Waals surface area (Å²) in [6.07, 6.45) is -4.04. The number of hydrogen-bond donors (Lipinski definition) is 0. The molecule has 0 heterocycles. The minimum absolute atomic E-state index is 0.0434. The zero-order valence-electron chi connectivity index (χ0n) is 13.5. The highest BCUT2D eigenvalue weighted by atomic mass is 32.2. The molecule has 8 heteroatoms. The number of nitrogens with zero attached hydrogens (tertiary/aromatic N) is 1. The molecule has 0 spiro atoms. The lowest BCUT2D eigenvalue weighted by Gasteiger charge is -2.36. The van der Waals surface area contributed by atoms with Gasteiger partial charge in [0, 0.05) is 12.6 Å². The van der Waals surface area contributed by atoms with Crippen LogP contribution >= 0.6 is 0 Å². The summed E-state index contributed by atoms with van der Waals surface area (Å²) < 4.78 is 66.5. The van der Waals surface area contributed by atoms with E-state index in [1.807, 2.05) is 6.92 Å². The normalized spacial score (nSPS) is 17.0. The second-order valence-electron chi connectivity index (χ2n) is 6.04. The highest BCUT2D eigenvalue weighted by Crippen LogP contribution is 2.28. The maximum Gasteiger partial charge on any atom is 0.414 e. The van der Waals surface area contributed by atoms with E-state index in [0.717, 1.165) is 13.2 Å². The molecule has 0 aliphatic heterocycles. The maximum absolute atomic E-state index is 12.4. The van der Waals surface area contributed by atoms with Crippen molar-refractivity contribution in [2.24, 2.45) is 5.92 Å². The summed E-state index contributed by atoms with van der Waals surface area (Å²) in [4.78, 5) is 0. The topological polar surface area (TPSA) is 46.6 Å². The van der Waals surface area contributed by atoms with Crippen molar-refractivity contribution in [2.75, 3.05) is 19.9 Å². The quantitative estimate of drug-likeness (QED) is 0.686. The molecular formula is C13H26F3NO3S. The molecule has 128 valence electrons. The van der Waals surface area contributed by atoms with E-state index in [1.54, 1.807) is 13.8 Å². The van der Waals surface area contributed by atoms with Gasteiger partial charge < -0.3 is 4.74 Å². The van der Waals surface area contributed by atoms with Crippen molar-refractivity contribution >= 4 is 10.0 Å². The minimum Gasteiger partial charge on any atom is -0.369 e. The Hall–Kier alpha value is -0.340. The van der Waals surface area contributed by atoms with E-state index in [1.165, 1.54) is 11.4 Å². The van der Waals surface area contributed by atoms with E-state index in [4.69, 9.17) is 4.74 Å². The fourth-order valence-corrected chi connectivity index (χ4v) is 2.95. The van der Waals surface area contributed by atoms with Gasteiger partial charge in [-0.1, -0.05) is 13.3 Å². The molecule has 0 saturated heterocycles. The molecule has 0 saturated carbocycles. The monoisotopic (exact) mass is 333 g/mol. The van der Waals surface area contributed by atoms with Crippen molar-refractivity contribution < 1.29 is 26.3 Å². The van der Waals surface area contributed by atoms with Gasteiger partial charge in [0.15, 0.2) is 6.10 Å². The highest BCUT2D eigenvalue weighted by molar-refractivity contribution is 7.88. The van der Waals surface area contributed by atoms with Crippen molar-refractivity contribution in [1.82, 2.24) is 4.31 Å². The average Bonchev–Trinajstić information content (AvgIpc) is 2.30. The van der Waals surface area contributed by atoms with Crippen LogP contribution in [0.4, 0.5) is 13.2 Å². The van der Waals surface area contributed by atoms with Gasteiger partial charge in [0.05, 0.1) is 12.9 Å². The number of sulfonamides is 1. The lowest BCUT2D eigenvalue weighted by atomic mass is 9.89. The fraction of sp³-hybridized carbons (Fsp3) is 1.00. The van der Waals surface area contributed by atoms with Crippen LogP contribution in [-0.2, 0) is 14.8 Å². The Kier molecular flexibility index (Phi) is 7.16. The molecule has 0 fully saturated rings. The molecule has 2 atom stereocenters. The first-order valence-electron chi connectivity index (χ1n) is 6.84. The Labute approximate surface area is 125 Å². The van der Waals surface area contributed by atoms with Gasteiger partial charge in [-0.15, -0.1) is 0 Å². The zero-order chi connectivity index (χ0) is 17.1. The molecular weight excluding hydrogens is 307 g/mol. The summed E-state index contributed by atoms with van der Waals surface area (Å²) in [5.41, 5.74) is -0.681. The molecule has 21 heavy (non-hydrogen) atoms. The van der Waals surface area contributed by atoms with Crippen molar-refractivity contribution in [3.63, 3.8) is 0 Å².